The van der Waals surface area contributed by atoms with E-state index in [-0.39, 0.29) is 0 Å². The predicted octanol–water partition coefficient (Wildman–Crippen LogP) is 3.54. The molecule has 72 valence electrons. The number of para-hydroxylation sites is 1. The van der Waals surface area contributed by atoms with Crippen LogP contribution in [0, 0.1) is 4.77 Å². The zero-order chi connectivity index (χ0) is 10.1. The molecular formula is C10H9ClN2S. The van der Waals surface area contributed by atoms with Crippen LogP contribution in [0.4, 0.5) is 0 Å². The lowest BCUT2D eigenvalue weighted by atomic mass is 10.3. The first-order valence-electron chi connectivity index (χ1n) is 4.22. The minimum atomic E-state index is 0.674. The molecular weight excluding hydrogens is 216 g/mol. The van der Waals surface area contributed by atoms with Crippen molar-refractivity contribution in [3.63, 3.8) is 0 Å². The summed E-state index contributed by atoms with van der Waals surface area (Å²) in [6.45, 7) is 4.39. The van der Waals surface area contributed by atoms with Crippen molar-refractivity contribution in [3.05, 3.63) is 40.6 Å². The Morgan fingerprint density at radius 1 is 1.57 bits per heavy atom. The smallest absolute Gasteiger partial charge is 0.178 e. The molecule has 0 saturated heterocycles. The van der Waals surface area contributed by atoms with Crippen LogP contribution in [0.3, 0.4) is 0 Å². The first-order valence-corrected chi connectivity index (χ1v) is 5.00. The van der Waals surface area contributed by atoms with E-state index in [9.17, 15) is 0 Å². The SMILES string of the molecule is C=CCn1c(=S)[nH]c2c(Cl)cccc21. The van der Waals surface area contributed by atoms with E-state index in [0.29, 0.717) is 16.3 Å². The van der Waals surface area contributed by atoms with Crippen molar-refractivity contribution in [2.75, 3.05) is 0 Å². The van der Waals surface area contributed by atoms with Gasteiger partial charge >= 0.3 is 0 Å². The minimum absolute atomic E-state index is 0.674. The predicted molar refractivity (Wildman–Crippen MR) is 62.3 cm³/mol. The Labute approximate surface area is 91.8 Å². The Bertz CT molecular complexity index is 539. The maximum absolute atomic E-state index is 6.03. The summed E-state index contributed by atoms with van der Waals surface area (Å²) in [5, 5.41) is 0.691. The van der Waals surface area contributed by atoms with Crippen LogP contribution in [0.15, 0.2) is 30.9 Å². The lowest BCUT2D eigenvalue weighted by Gasteiger charge is -1.99. The quantitative estimate of drug-likeness (QED) is 0.611. The van der Waals surface area contributed by atoms with Gasteiger partial charge in [-0.15, -0.1) is 6.58 Å². The molecule has 0 aliphatic rings. The minimum Gasteiger partial charge on any atom is -0.329 e. The second kappa shape index (κ2) is 3.59. The van der Waals surface area contributed by atoms with Gasteiger partial charge in [0.05, 0.1) is 16.1 Å². The molecule has 1 aromatic carbocycles. The molecule has 14 heavy (non-hydrogen) atoms. The number of imidazole rings is 1. The highest BCUT2D eigenvalue weighted by Gasteiger charge is 2.04. The Kier molecular flexibility index (Phi) is 2.44. The van der Waals surface area contributed by atoms with E-state index in [0.717, 1.165) is 11.0 Å². The largest absolute Gasteiger partial charge is 0.329 e. The highest BCUT2D eigenvalue weighted by atomic mass is 35.5. The van der Waals surface area contributed by atoms with Gasteiger partial charge in [-0.05, 0) is 24.4 Å². The number of fused-ring (bicyclic) bond motifs is 1. The number of nitrogens with one attached hydrogen (secondary N) is 1. The molecule has 0 atom stereocenters. The fourth-order valence-electron chi connectivity index (χ4n) is 1.46. The molecule has 1 heterocycles. The number of hydrogen-bond acceptors (Lipinski definition) is 1. The summed E-state index contributed by atoms with van der Waals surface area (Å²) in [7, 11) is 0. The van der Waals surface area contributed by atoms with Crippen LogP contribution in [-0.2, 0) is 6.54 Å². The summed E-state index contributed by atoms with van der Waals surface area (Å²) in [6, 6.07) is 5.73. The molecule has 4 heteroatoms. The average molecular weight is 225 g/mol. The van der Waals surface area contributed by atoms with E-state index in [1.54, 1.807) is 0 Å². The Morgan fingerprint density at radius 2 is 2.36 bits per heavy atom. The third kappa shape index (κ3) is 1.38. The number of rotatable bonds is 2. The topological polar surface area (TPSA) is 20.7 Å². The molecule has 0 spiro atoms. The van der Waals surface area contributed by atoms with Gasteiger partial charge in [0.25, 0.3) is 0 Å². The number of H-pyrrole nitrogens is 1. The summed E-state index contributed by atoms with van der Waals surface area (Å²) in [6.07, 6.45) is 1.81. The van der Waals surface area contributed by atoms with Gasteiger partial charge in [0, 0.05) is 6.54 Å². The monoisotopic (exact) mass is 224 g/mol. The average Bonchev–Trinajstić information content (AvgIpc) is 2.47. The summed E-state index contributed by atoms with van der Waals surface area (Å²) < 4.78 is 2.64. The first-order chi connectivity index (χ1) is 6.74. The summed E-state index contributed by atoms with van der Waals surface area (Å²) in [4.78, 5) is 3.08. The van der Waals surface area contributed by atoms with Crippen LogP contribution < -0.4 is 0 Å². The molecule has 0 radical (unpaired) electrons. The molecule has 2 aromatic rings. The van der Waals surface area contributed by atoms with Crippen LogP contribution in [0.5, 0.6) is 0 Å². The van der Waals surface area contributed by atoms with Crippen molar-refractivity contribution >= 4 is 34.9 Å². The second-order valence-corrected chi connectivity index (χ2v) is 3.76. The van der Waals surface area contributed by atoms with E-state index in [1.807, 2.05) is 28.8 Å². The van der Waals surface area contributed by atoms with E-state index in [2.05, 4.69) is 11.6 Å². The maximum atomic E-state index is 6.03. The second-order valence-electron chi connectivity index (χ2n) is 2.96. The van der Waals surface area contributed by atoms with Gasteiger partial charge in [-0.25, -0.2) is 0 Å². The lowest BCUT2D eigenvalue weighted by molar-refractivity contribution is 0.836. The summed E-state index contributed by atoms with van der Waals surface area (Å²) in [5.74, 6) is 0. The molecule has 0 amide bonds. The number of halogens is 1. The highest BCUT2D eigenvalue weighted by Crippen LogP contribution is 2.22. The van der Waals surface area contributed by atoms with Crippen molar-refractivity contribution in [3.8, 4) is 0 Å². The number of hydrogen-bond donors (Lipinski definition) is 1. The molecule has 0 fully saturated rings. The van der Waals surface area contributed by atoms with Gasteiger partial charge in [0.2, 0.25) is 0 Å². The Morgan fingerprint density at radius 3 is 3.07 bits per heavy atom. The molecule has 1 N–H and O–H groups in total. The normalized spacial score (nSPS) is 10.6. The van der Waals surface area contributed by atoms with Crippen LogP contribution in [0.1, 0.15) is 0 Å². The molecule has 0 aliphatic carbocycles. The van der Waals surface area contributed by atoms with Crippen LogP contribution in [0.25, 0.3) is 11.0 Å². The molecule has 0 aliphatic heterocycles. The third-order valence-electron chi connectivity index (χ3n) is 2.07. The number of aromatic nitrogens is 2. The molecule has 0 bridgehead atoms. The van der Waals surface area contributed by atoms with Gasteiger partial charge in [-0.3, -0.25) is 0 Å². The summed E-state index contributed by atoms with van der Waals surface area (Å²) in [5.41, 5.74) is 1.91. The van der Waals surface area contributed by atoms with E-state index in [4.69, 9.17) is 23.8 Å². The van der Waals surface area contributed by atoms with Crippen LogP contribution in [0.2, 0.25) is 5.02 Å². The number of benzene rings is 1. The number of aromatic amines is 1. The van der Waals surface area contributed by atoms with Gasteiger partial charge in [-0.2, -0.15) is 0 Å². The molecule has 0 unspecified atom stereocenters. The lowest BCUT2D eigenvalue weighted by Crippen LogP contribution is -1.93. The number of nitrogens with zero attached hydrogens (tertiary/aromatic N) is 1. The van der Waals surface area contributed by atoms with E-state index >= 15 is 0 Å². The Balaban J connectivity index is 2.83. The maximum Gasteiger partial charge on any atom is 0.178 e. The summed E-state index contributed by atoms with van der Waals surface area (Å²) >= 11 is 11.2. The fourth-order valence-corrected chi connectivity index (χ4v) is 1.95. The first kappa shape index (κ1) is 9.49. The highest BCUT2D eigenvalue weighted by molar-refractivity contribution is 7.71. The van der Waals surface area contributed by atoms with Crippen molar-refractivity contribution < 1.29 is 0 Å². The third-order valence-corrected chi connectivity index (χ3v) is 2.71. The van der Waals surface area contributed by atoms with Crippen molar-refractivity contribution in [1.82, 2.24) is 9.55 Å². The molecule has 2 rings (SSSR count). The number of allylic oxidation sites excluding steroid dienone is 1. The van der Waals surface area contributed by atoms with Gasteiger partial charge < -0.3 is 9.55 Å². The van der Waals surface area contributed by atoms with Crippen molar-refractivity contribution in [2.45, 2.75) is 6.54 Å². The van der Waals surface area contributed by atoms with Crippen molar-refractivity contribution in [2.24, 2.45) is 0 Å². The van der Waals surface area contributed by atoms with Crippen molar-refractivity contribution in [1.29, 1.82) is 0 Å². The van der Waals surface area contributed by atoms with Crippen LogP contribution >= 0.6 is 23.8 Å². The molecule has 2 nitrogen and oxygen atoms in total. The van der Waals surface area contributed by atoms with E-state index < -0.39 is 0 Å². The molecule has 0 saturated carbocycles. The zero-order valence-corrected chi connectivity index (χ0v) is 9.03. The Hall–Kier alpha value is -1.06. The standard InChI is InChI=1S/C10H9ClN2S/c1-2-6-13-8-5-3-4-7(11)9(8)12-10(13)14/h2-5H,1,6H2,(H,12,14). The van der Waals surface area contributed by atoms with Crippen LogP contribution in [-0.4, -0.2) is 9.55 Å². The zero-order valence-electron chi connectivity index (χ0n) is 7.46. The van der Waals surface area contributed by atoms with Gasteiger partial charge in [0.15, 0.2) is 4.77 Å². The van der Waals surface area contributed by atoms with E-state index in [1.165, 1.54) is 0 Å². The molecule has 1 aromatic heterocycles. The van der Waals surface area contributed by atoms with Gasteiger partial charge in [-0.1, -0.05) is 23.7 Å². The fraction of sp³-hybridized carbons (Fsp3) is 0.100. The van der Waals surface area contributed by atoms with Gasteiger partial charge in [0.1, 0.15) is 0 Å².